The Hall–Kier alpha value is -1.14. The predicted molar refractivity (Wildman–Crippen MR) is 55.5 cm³/mol. The largest absolute Gasteiger partial charge is 0.493 e. The Labute approximate surface area is 101 Å². The van der Waals surface area contributed by atoms with Gasteiger partial charge in [0.25, 0.3) is 0 Å². The molecule has 0 bridgehead atoms. The third-order valence-corrected chi connectivity index (χ3v) is 2.09. The summed E-state index contributed by atoms with van der Waals surface area (Å²) < 4.78 is 45.6. The van der Waals surface area contributed by atoms with Crippen molar-refractivity contribution in [1.29, 1.82) is 0 Å². The molecule has 3 nitrogen and oxygen atoms in total. The first-order valence-electron chi connectivity index (χ1n) is 4.54. The summed E-state index contributed by atoms with van der Waals surface area (Å²) in [5, 5.41) is 9.26. The Balaban J connectivity index is 3.03. The molecule has 0 saturated carbocycles. The van der Waals surface area contributed by atoms with E-state index in [4.69, 9.17) is 21.4 Å². The topological polar surface area (TPSA) is 38.7 Å². The van der Waals surface area contributed by atoms with Crippen molar-refractivity contribution < 1.29 is 27.8 Å². The van der Waals surface area contributed by atoms with E-state index in [0.29, 0.717) is 0 Å². The number of halogens is 4. The number of aliphatic hydroxyl groups excluding tert-OH is 1. The van der Waals surface area contributed by atoms with Crippen LogP contribution in [0, 0.1) is 0 Å². The lowest BCUT2D eigenvalue weighted by Crippen LogP contribution is -2.20. The predicted octanol–water partition coefficient (Wildman–Crippen LogP) is 2.78. The highest BCUT2D eigenvalue weighted by atomic mass is 35.5. The van der Waals surface area contributed by atoms with Crippen molar-refractivity contribution in [2.75, 3.05) is 13.7 Å². The maximum absolute atomic E-state index is 12.0. The summed E-state index contributed by atoms with van der Waals surface area (Å²) in [6.07, 6.45) is -4.46. The molecule has 96 valence electrons. The second-order valence-electron chi connectivity index (χ2n) is 3.16. The molecule has 0 heterocycles. The molecule has 0 aliphatic carbocycles. The van der Waals surface area contributed by atoms with E-state index in [1.165, 1.54) is 19.2 Å². The molecular formula is C10H10ClF3O3. The number of methoxy groups -OCH3 is 1. The second-order valence-corrected chi connectivity index (χ2v) is 3.59. The molecule has 17 heavy (non-hydrogen) atoms. The van der Waals surface area contributed by atoms with Crippen molar-refractivity contribution in [3.63, 3.8) is 0 Å². The van der Waals surface area contributed by atoms with E-state index in [-0.39, 0.29) is 22.1 Å². The number of ether oxygens (including phenoxy) is 2. The molecule has 0 amide bonds. The Morgan fingerprint density at radius 3 is 2.47 bits per heavy atom. The van der Waals surface area contributed by atoms with Crippen LogP contribution in [0.15, 0.2) is 12.1 Å². The molecule has 1 aromatic rings. The van der Waals surface area contributed by atoms with E-state index >= 15 is 0 Å². The van der Waals surface area contributed by atoms with E-state index in [2.05, 4.69) is 4.74 Å². The van der Waals surface area contributed by atoms with Crippen molar-refractivity contribution in [3.8, 4) is 11.5 Å². The Morgan fingerprint density at radius 1 is 1.35 bits per heavy atom. The summed E-state index contributed by atoms with van der Waals surface area (Å²) in [7, 11) is 1.27. The average Bonchev–Trinajstić information content (AvgIpc) is 2.24. The van der Waals surface area contributed by atoms with Crippen molar-refractivity contribution in [2.45, 2.75) is 12.8 Å². The quantitative estimate of drug-likeness (QED) is 0.914. The van der Waals surface area contributed by atoms with Crippen molar-refractivity contribution in [1.82, 2.24) is 0 Å². The SMILES string of the molecule is COc1cc(Cl)cc(CO)c1OCC(F)(F)F. The van der Waals surface area contributed by atoms with Gasteiger partial charge in [0.05, 0.1) is 13.7 Å². The fourth-order valence-corrected chi connectivity index (χ4v) is 1.44. The molecule has 0 saturated heterocycles. The smallest absolute Gasteiger partial charge is 0.422 e. The lowest BCUT2D eigenvalue weighted by Gasteiger charge is -2.15. The van der Waals surface area contributed by atoms with Gasteiger partial charge in [0, 0.05) is 16.7 Å². The summed E-state index contributed by atoms with van der Waals surface area (Å²) in [4.78, 5) is 0. The van der Waals surface area contributed by atoms with Gasteiger partial charge in [0.2, 0.25) is 0 Å². The van der Waals surface area contributed by atoms with E-state index in [1.54, 1.807) is 0 Å². The van der Waals surface area contributed by atoms with Crippen LogP contribution in [0.1, 0.15) is 5.56 Å². The first-order valence-corrected chi connectivity index (χ1v) is 4.92. The summed E-state index contributed by atoms with van der Waals surface area (Å²) >= 11 is 5.70. The first kappa shape index (κ1) is 13.9. The Bertz CT molecular complexity index is 368. The molecule has 0 aromatic heterocycles. The van der Waals surface area contributed by atoms with E-state index in [9.17, 15) is 13.2 Å². The molecule has 0 aliphatic rings. The molecule has 0 unspecified atom stereocenters. The standard InChI is InChI=1S/C10H10ClF3O3/c1-16-8-3-7(11)2-6(4-15)9(8)17-5-10(12,13)14/h2-3,15H,4-5H2,1H3. The fourth-order valence-electron chi connectivity index (χ4n) is 1.21. The normalized spacial score (nSPS) is 11.4. The molecule has 0 atom stereocenters. The van der Waals surface area contributed by atoms with Crippen molar-refractivity contribution in [3.05, 3.63) is 22.7 Å². The van der Waals surface area contributed by atoms with Gasteiger partial charge in [-0.1, -0.05) is 11.6 Å². The molecule has 1 N–H and O–H groups in total. The van der Waals surface area contributed by atoms with Gasteiger partial charge in [-0.15, -0.1) is 0 Å². The zero-order valence-electron chi connectivity index (χ0n) is 8.84. The average molecular weight is 271 g/mol. The summed E-state index contributed by atoms with van der Waals surface area (Å²) in [6, 6.07) is 2.63. The zero-order chi connectivity index (χ0) is 13.1. The minimum atomic E-state index is -4.46. The van der Waals surface area contributed by atoms with Gasteiger partial charge in [-0.3, -0.25) is 0 Å². The van der Waals surface area contributed by atoms with Crippen LogP contribution >= 0.6 is 11.6 Å². The number of rotatable bonds is 4. The van der Waals surface area contributed by atoms with Crippen molar-refractivity contribution in [2.24, 2.45) is 0 Å². The van der Waals surface area contributed by atoms with E-state index in [1.807, 2.05) is 0 Å². The minimum absolute atomic E-state index is 0.0470. The number of benzene rings is 1. The van der Waals surface area contributed by atoms with E-state index < -0.39 is 19.4 Å². The molecule has 1 rings (SSSR count). The maximum Gasteiger partial charge on any atom is 0.422 e. The highest BCUT2D eigenvalue weighted by Gasteiger charge is 2.29. The molecular weight excluding hydrogens is 261 g/mol. The summed E-state index contributed by atoms with van der Waals surface area (Å²) in [5.41, 5.74) is 0.138. The number of hydrogen-bond donors (Lipinski definition) is 1. The van der Waals surface area contributed by atoms with Crippen LogP contribution < -0.4 is 9.47 Å². The van der Waals surface area contributed by atoms with Gasteiger partial charge in [-0.05, 0) is 6.07 Å². The highest BCUT2D eigenvalue weighted by Crippen LogP contribution is 2.35. The van der Waals surface area contributed by atoms with Gasteiger partial charge in [-0.25, -0.2) is 0 Å². The van der Waals surface area contributed by atoms with Crippen LogP contribution in [-0.2, 0) is 6.61 Å². The molecule has 0 fully saturated rings. The van der Waals surface area contributed by atoms with Gasteiger partial charge in [0.15, 0.2) is 18.1 Å². The molecule has 7 heteroatoms. The monoisotopic (exact) mass is 270 g/mol. The number of hydrogen-bond acceptors (Lipinski definition) is 3. The zero-order valence-corrected chi connectivity index (χ0v) is 9.60. The Kier molecular flexibility index (Phi) is 4.47. The van der Waals surface area contributed by atoms with Crippen LogP contribution in [0.4, 0.5) is 13.2 Å². The number of aliphatic hydroxyl groups is 1. The van der Waals surface area contributed by atoms with E-state index in [0.717, 1.165) is 0 Å². The van der Waals surface area contributed by atoms with Crippen LogP contribution in [0.25, 0.3) is 0 Å². The van der Waals surface area contributed by atoms with Crippen LogP contribution in [-0.4, -0.2) is 25.0 Å². The molecule has 0 spiro atoms. The summed E-state index contributed by atoms with van der Waals surface area (Å²) in [5.74, 6) is -0.109. The third kappa shape index (κ3) is 3.98. The fraction of sp³-hybridized carbons (Fsp3) is 0.400. The number of alkyl halides is 3. The minimum Gasteiger partial charge on any atom is -0.493 e. The lowest BCUT2D eigenvalue weighted by atomic mass is 10.2. The Morgan fingerprint density at radius 2 is 2.00 bits per heavy atom. The second kappa shape index (κ2) is 5.46. The molecule has 0 radical (unpaired) electrons. The molecule has 0 aliphatic heterocycles. The van der Waals surface area contributed by atoms with Gasteiger partial charge >= 0.3 is 6.18 Å². The lowest BCUT2D eigenvalue weighted by molar-refractivity contribution is -0.153. The van der Waals surface area contributed by atoms with Crippen LogP contribution in [0.5, 0.6) is 11.5 Å². The van der Waals surface area contributed by atoms with Crippen molar-refractivity contribution >= 4 is 11.6 Å². The highest BCUT2D eigenvalue weighted by molar-refractivity contribution is 6.30. The maximum atomic E-state index is 12.0. The van der Waals surface area contributed by atoms with Gasteiger partial charge in [-0.2, -0.15) is 13.2 Å². The van der Waals surface area contributed by atoms with Crippen LogP contribution in [0.3, 0.4) is 0 Å². The first-order chi connectivity index (χ1) is 7.87. The third-order valence-electron chi connectivity index (χ3n) is 1.87. The van der Waals surface area contributed by atoms with Crippen LogP contribution in [0.2, 0.25) is 5.02 Å². The molecule has 1 aromatic carbocycles. The van der Waals surface area contributed by atoms with Gasteiger partial charge in [0.1, 0.15) is 0 Å². The van der Waals surface area contributed by atoms with Gasteiger partial charge < -0.3 is 14.6 Å². The summed E-state index contributed by atoms with van der Waals surface area (Å²) in [6.45, 7) is -1.96.